The minimum atomic E-state index is -0.495. The summed E-state index contributed by atoms with van der Waals surface area (Å²) in [6, 6.07) is 17.3. The van der Waals surface area contributed by atoms with Gasteiger partial charge in [-0.3, -0.25) is 9.59 Å². The van der Waals surface area contributed by atoms with E-state index in [-0.39, 0.29) is 29.6 Å². The van der Waals surface area contributed by atoms with Crippen LogP contribution in [0.4, 0.5) is 0 Å². The van der Waals surface area contributed by atoms with Gasteiger partial charge in [0.25, 0.3) is 5.91 Å². The van der Waals surface area contributed by atoms with Gasteiger partial charge in [0.15, 0.2) is 11.5 Å². The van der Waals surface area contributed by atoms with Crippen molar-refractivity contribution in [2.75, 3.05) is 0 Å². The zero-order chi connectivity index (χ0) is 21.1. The third kappa shape index (κ3) is 3.91. The molecule has 0 bridgehead atoms. The van der Waals surface area contributed by atoms with E-state index in [1.807, 2.05) is 61.5 Å². The fourth-order valence-corrected chi connectivity index (χ4v) is 4.88. The molecule has 1 atom stereocenters. The van der Waals surface area contributed by atoms with Crippen LogP contribution in [0.5, 0.6) is 0 Å². The van der Waals surface area contributed by atoms with E-state index in [9.17, 15) is 14.7 Å². The standard InChI is InChI=1S/C26H29NO3/c1-18-10-8-9-15-21(18)24-23(22(28)17-16-19-11-4-2-5-12-19)25(29)26(30)27(24)20-13-6-3-7-14-20/h2,4-5,8-12,15,20,24,29H,3,6-7,13-14,16-17H2,1H3. The number of aryl methyl sites for hydroxylation is 2. The lowest BCUT2D eigenvalue weighted by Gasteiger charge is -2.37. The average Bonchev–Trinajstić information content (AvgIpc) is 3.04. The van der Waals surface area contributed by atoms with Crippen LogP contribution in [0.25, 0.3) is 0 Å². The molecule has 1 unspecified atom stereocenters. The lowest BCUT2D eigenvalue weighted by Crippen LogP contribution is -2.41. The van der Waals surface area contributed by atoms with Gasteiger partial charge >= 0.3 is 0 Å². The molecule has 1 heterocycles. The number of hydrogen-bond donors (Lipinski definition) is 1. The third-order valence-electron chi connectivity index (χ3n) is 6.48. The number of amides is 1. The number of aliphatic hydroxyl groups is 1. The van der Waals surface area contributed by atoms with Crippen LogP contribution in [0.15, 0.2) is 65.9 Å². The summed E-state index contributed by atoms with van der Waals surface area (Å²) in [6.45, 7) is 2.00. The molecular formula is C26H29NO3. The zero-order valence-electron chi connectivity index (χ0n) is 17.5. The predicted octanol–water partition coefficient (Wildman–Crippen LogP) is 5.23. The summed E-state index contributed by atoms with van der Waals surface area (Å²) < 4.78 is 0. The van der Waals surface area contributed by atoms with Crippen LogP contribution in [0.2, 0.25) is 0 Å². The highest BCUT2D eigenvalue weighted by molar-refractivity contribution is 6.09. The second-order valence-electron chi connectivity index (χ2n) is 8.43. The van der Waals surface area contributed by atoms with Gasteiger partial charge in [0.2, 0.25) is 0 Å². The van der Waals surface area contributed by atoms with Crippen LogP contribution in [0, 0.1) is 6.92 Å². The van der Waals surface area contributed by atoms with Crippen LogP contribution in [0.3, 0.4) is 0 Å². The van der Waals surface area contributed by atoms with Crippen LogP contribution in [-0.2, 0) is 16.0 Å². The van der Waals surface area contributed by atoms with Crippen molar-refractivity contribution in [3.63, 3.8) is 0 Å². The largest absolute Gasteiger partial charge is 0.503 e. The lowest BCUT2D eigenvalue weighted by atomic mass is 9.88. The molecule has 0 saturated heterocycles. The molecule has 1 fully saturated rings. The number of carbonyl (C=O) groups is 2. The van der Waals surface area contributed by atoms with E-state index in [2.05, 4.69) is 0 Å². The van der Waals surface area contributed by atoms with Crippen molar-refractivity contribution in [3.05, 3.63) is 82.6 Å². The number of rotatable bonds is 6. The van der Waals surface area contributed by atoms with Gasteiger partial charge in [-0.25, -0.2) is 0 Å². The Kier molecular flexibility index (Phi) is 6.03. The molecule has 1 aliphatic heterocycles. The van der Waals surface area contributed by atoms with Crippen molar-refractivity contribution in [2.45, 2.75) is 64.0 Å². The van der Waals surface area contributed by atoms with Gasteiger partial charge in [0.1, 0.15) is 0 Å². The highest BCUT2D eigenvalue weighted by atomic mass is 16.3. The monoisotopic (exact) mass is 403 g/mol. The Hall–Kier alpha value is -2.88. The first-order valence-electron chi connectivity index (χ1n) is 11.0. The van der Waals surface area contributed by atoms with Gasteiger partial charge in [0.05, 0.1) is 11.6 Å². The van der Waals surface area contributed by atoms with E-state index in [0.717, 1.165) is 42.4 Å². The molecule has 4 heteroatoms. The van der Waals surface area contributed by atoms with E-state index in [1.165, 1.54) is 6.42 Å². The van der Waals surface area contributed by atoms with Crippen LogP contribution in [0.1, 0.15) is 61.3 Å². The molecule has 4 rings (SSSR count). The number of nitrogens with zero attached hydrogens (tertiary/aromatic N) is 1. The first-order chi connectivity index (χ1) is 14.6. The van der Waals surface area contributed by atoms with Crippen molar-refractivity contribution in [1.82, 2.24) is 4.90 Å². The van der Waals surface area contributed by atoms with E-state index in [4.69, 9.17) is 0 Å². The summed E-state index contributed by atoms with van der Waals surface area (Å²) in [4.78, 5) is 28.3. The number of Topliss-reactive ketones (excluding diaryl/α,β-unsaturated/α-hetero) is 1. The summed E-state index contributed by atoms with van der Waals surface area (Å²) in [5.41, 5.74) is 3.31. The Morgan fingerprint density at radius 3 is 2.37 bits per heavy atom. The molecule has 30 heavy (non-hydrogen) atoms. The van der Waals surface area contributed by atoms with Gasteiger partial charge in [-0.05, 0) is 42.9 Å². The fourth-order valence-electron chi connectivity index (χ4n) is 4.88. The van der Waals surface area contributed by atoms with E-state index in [1.54, 1.807) is 4.90 Å². The van der Waals surface area contributed by atoms with Crippen molar-refractivity contribution >= 4 is 11.7 Å². The Morgan fingerprint density at radius 1 is 1.00 bits per heavy atom. The molecule has 1 N–H and O–H groups in total. The smallest absolute Gasteiger partial charge is 0.290 e. The van der Waals surface area contributed by atoms with Gasteiger partial charge in [-0.1, -0.05) is 73.9 Å². The van der Waals surface area contributed by atoms with Crippen molar-refractivity contribution in [3.8, 4) is 0 Å². The molecule has 0 aromatic heterocycles. The summed E-state index contributed by atoms with van der Waals surface area (Å²) in [6.07, 6.45) is 6.04. The molecular weight excluding hydrogens is 374 g/mol. The third-order valence-corrected chi connectivity index (χ3v) is 6.48. The van der Waals surface area contributed by atoms with Crippen LogP contribution in [-0.4, -0.2) is 27.7 Å². The average molecular weight is 404 g/mol. The number of hydrogen-bond acceptors (Lipinski definition) is 3. The molecule has 0 radical (unpaired) electrons. The van der Waals surface area contributed by atoms with Crippen molar-refractivity contribution < 1.29 is 14.7 Å². The van der Waals surface area contributed by atoms with E-state index >= 15 is 0 Å². The zero-order valence-corrected chi connectivity index (χ0v) is 17.5. The van der Waals surface area contributed by atoms with Gasteiger partial charge in [-0.15, -0.1) is 0 Å². The molecule has 1 aliphatic carbocycles. The van der Waals surface area contributed by atoms with Gasteiger partial charge in [-0.2, -0.15) is 0 Å². The molecule has 156 valence electrons. The molecule has 2 aromatic rings. The fraction of sp³-hybridized carbons (Fsp3) is 0.385. The lowest BCUT2D eigenvalue weighted by molar-refractivity contribution is -0.132. The number of benzene rings is 2. The summed E-state index contributed by atoms with van der Waals surface area (Å²) in [5.74, 6) is -0.888. The summed E-state index contributed by atoms with van der Waals surface area (Å²) in [5, 5.41) is 10.8. The second kappa shape index (κ2) is 8.86. The SMILES string of the molecule is Cc1ccccc1C1C(C(=O)CCc2ccccc2)=C(O)C(=O)N1C1CCCCC1. The van der Waals surface area contributed by atoms with Gasteiger partial charge in [0, 0.05) is 12.5 Å². The molecule has 1 saturated carbocycles. The first-order valence-corrected chi connectivity index (χ1v) is 11.0. The van der Waals surface area contributed by atoms with Crippen LogP contribution < -0.4 is 0 Å². The molecule has 4 nitrogen and oxygen atoms in total. The minimum Gasteiger partial charge on any atom is -0.503 e. The molecule has 1 amide bonds. The Morgan fingerprint density at radius 2 is 1.67 bits per heavy atom. The molecule has 2 aromatic carbocycles. The van der Waals surface area contributed by atoms with Crippen LogP contribution >= 0.6 is 0 Å². The number of ketones is 1. The van der Waals surface area contributed by atoms with E-state index < -0.39 is 11.9 Å². The first kappa shape index (κ1) is 20.4. The normalized spacial score (nSPS) is 20.1. The summed E-state index contributed by atoms with van der Waals surface area (Å²) in [7, 11) is 0. The maximum atomic E-state index is 13.3. The number of aliphatic hydroxyl groups excluding tert-OH is 1. The number of carbonyl (C=O) groups excluding carboxylic acids is 2. The Balaban J connectivity index is 1.68. The second-order valence-corrected chi connectivity index (χ2v) is 8.43. The molecule has 2 aliphatic rings. The molecule has 0 spiro atoms. The Bertz CT molecular complexity index is 957. The topological polar surface area (TPSA) is 57.6 Å². The maximum Gasteiger partial charge on any atom is 0.290 e. The highest BCUT2D eigenvalue weighted by Crippen LogP contribution is 2.43. The van der Waals surface area contributed by atoms with Gasteiger partial charge < -0.3 is 10.0 Å². The Labute approximate surface area is 178 Å². The van der Waals surface area contributed by atoms with Crippen molar-refractivity contribution in [2.24, 2.45) is 0 Å². The quantitative estimate of drug-likeness (QED) is 0.719. The predicted molar refractivity (Wildman–Crippen MR) is 117 cm³/mol. The van der Waals surface area contributed by atoms with Crippen molar-refractivity contribution in [1.29, 1.82) is 0 Å². The summed E-state index contributed by atoms with van der Waals surface area (Å²) >= 11 is 0. The van der Waals surface area contributed by atoms with E-state index in [0.29, 0.717) is 6.42 Å². The maximum absolute atomic E-state index is 13.3. The minimum absolute atomic E-state index is 0.0671. The highest BCUT2D eigenvalue weighted by Gasteiger charge is 2.46.